The van der Waals surface area contributed by atoms with Crippen LogP contribution in [0.25, 0.3) is 10.9 Å². The van der Waals surface area contributed by atoms with Crippen LogP contribution in [-0.2, 0) is 0 Å². The number of H-pyrrole nitrogens is 1. The number of fused-ring (bicyclic) bond motifs is 1. The number of rotatable bonds is 3. The van der Waals surface area contributed by atoms with E-state index in [0.29, 0.717) is 10.6 Å². The fourth-order valence-electron chi connectivity index (χ4n) is 2.37. The van der Waals surface area contributed by atoms with Gasteiger partial charge in [-0.3, -0.25) is 4.79 Å². The van der Waals surface area contributed by atoms with Crippen LogP contribution in [0.1, 0.15) is 28.9 Å². The Labute approximate surface area is 127 Å². The fraction of sp³-hybridized carbons (Fsp3) is 0.118. The first kappa shape index (κ1) is 13.7. The minimum atomic E-state index is -0.148. The zero-order valence-electron chi connectivity index (χ0n) is 11.6. The number of amides is 1. The van der Waals surface area contributed by atoms with Crippen LogP contribution in [0.4, 0.5) is 0 Å². The van der Waals surface area contributed by atoms with Crippen molar-refractivity contribution in [1.29, 1.82) is 0 Å². The van der Waals surface area contributed by atoms with Crippen LogP contribution in [0.5, 0.6) is 0 Å². The van der Waals surface area contributed by atoms with Gasteiger partial charge in [-0.25, -0.2) is 0 Å². The molecule has 1 heterocycles. The highest BCUT2D eigenvalue weighted by Gasteiger charge is 2.14. The molecule has 0 radical (unpaired) electrons. The quantitative estimate of drug-likeness (QED) is 0.743. The highest BCUT2D eigenvalue weighted by molar-refractivity contribution is 6.31. The lowest BCUT2D eigenvalue weighted by Crippen LogP contribution is -2.26. The Morgan fingerprint density at radius 2 is 2.00 bits per heavy atom. The lowest BCUT2D eigenvalue weighted by atomic mass is 10.1. The van der Waals surface area contributed by atoms with Crippen molar-refractivity contribution in [3.8, 4) is 0 Å². The molecule has 3 rings (SSSR count). The molecule has 21 heavy (non-hydrogen) atoms. The van der Waals surface area contributed by atoms with Crippen molar-refractivity contribution in [2.45, 2.75) is 13.0 Å². The minimum Gasteiger partial charge on any atom is -0.361 e. The maximum absolute atomic E-state index is 12.3. The average Bonchev–Trinajstić information content (AvgIpc) is 2.94. The first-order chi connectivity index (χ1) is 10.1. The van der Waals surface area contributed by atoms with Crippen LogP contribution in [0, 0.1) is 0 Å². The lowest BCUT2D eigenvalue weighted by Gasteiger charge is -2.15. The molecule has 1 aromatic heterocycles. The third-order valence-corrected chi connectivity index (χ3v) is 3.88. The van der Waals surface area contributed by atoms with E-state index in [1.54, 1.807) is 0 Å². The van der Waals surface area contributed by atoms with Crippen molar-refractivity contribution in [2.24, 2.45) is 0 Å². The van der Waals surface area contributed by atoms with Gasteiger partial charge in [0.1, 0.15) is 0 Å². The van der Waals surface area contributed by atoms with E-state index in [-0.39, 0.29) is 11.9 Å². The van der Waals surface area contributed by atoms with Gasteiger partial charge in [0, 0.05) is 22.3 Å². The molecule has 4 heteroatoms. The number of hydrogen-bond acceptors (Lipinski definition) is 1. The van der Waals surface area contributed by atoms with Crippen LogP contribution < -0.4 is 5.32 Å². The molecule has 0 fully saturated rings. The molecule has 0 spiro atoms. The summed E-state index contributed by atoms with van der Waals surface area (Å²) in [4.78, 5) is 15.4. The second-order valence-corrected chi connectivity index (χ2v) is 5.40. The van der Waals surface area contributed by atoms with Crippen molar-refractivity contribution in [3.05, 3.63) is 70.9 Å². The molecule has 0 bridgehead atoms. The van der Waals surface area contributed by atoms with Crippen molar-refractivity contribution in [1.82, 2.24) is 10.3 Å². The average molecular weight is 299 g/mol. The highest BCUT2D eigenvalue weighted by Crippen LogP contribution is 2.22. The van der Waals surface area contributed by atoms with E-state index in [4.69, 9.17) is 11.6 Å². The first-order valence-electron chi connectivity index (χ1n) is 6.77. The van der Waals surface area contributed by atoms with E-state index in [9.17, 15) is 4.79 Å². The van der Waals surface area contributed by atoms with Gasteiger partial charge in [0.05, 0.1) is 6.04 Å². The molecule has 1 amide bonds. The molecule has 0 aliphatic heterocycles. The number of aromatic nitrogens is 1. The van der Waals surface area contributed by atoms with Crippen molar-refractivity contribution in [2.75, 3.05) is 0 Å². The predicted molar refractivity (Wildman–Crippen MR) is 85.6 cm³/mol. The monoisotopic (exact) mass is 298 g/mol. The molecule has 0 saturated carbocycles. The molecule has 1 atom stereocenters. The molecule has 0 unspecified atom stereocenters. The van der Waals surface area contributed by atoms with Gasteiger partial charge in [-0.15, -0.1) is 0 Å². The van der Waals surface area contributed by atoms with Gasteiger partial charge in [-0.2, -0.15) is 0 Å². The molecule has 2 aromatic carbocycles. The Bertz CT molecular complexity index is 794. The Balaban J connectivity index is 1.81. The van der Waals surface area contributed by atoms with Crippen LogP contribution in [-0.4, -0.2) is 10.9 Å². The highest BCUT2D eigenvalue weighted by atomic mass is 35.5. The Morgan fingerprint density at radius 3 is 2.81 bits per heavy atom. The van der Waals surface area contributed by atoms with Gasteiger partial charge in [0.2, 0.25) is 0 Å². The summed E-state index contributed by atoms with van der Waals surface area (Å²) in [6.07, 6.45) is 1.86. The normalized spacial score (nSPS) is 12.3. The Kier molecular flexibility index (Phi) is 3.67. The van der Waals surface area contributed by atoms with Crippen molar-refractivity contribution >= 4 is 28.4 Å². The summed E-state index contributed by atoms with van der Waals surface area (Å²) in [5.74, 6) is -0.112. The zero-order chi connectivity index (χ0) is 14.8. The molecule has 0 aliphatic rings. The fourth-order valence-corrected chi connectivity index (χ4v) is 2.67. The molecule has 3 aromatic rings. The summed E-state index contributed by atoms with van der Waals surface area (Å²) in [7, 11) is 0. The second kappa shape index (κ2) is 5.62. The molecule has 0 aliphatic carbocycles. The lowest BCUT2D eigenvalue weighted by molar-refractivity contribution is 0.0940. The third kappa shape index (κ3) is 2.78. The minimum absolute atomic E-state index is 0.112. The number of halogens is 1. The summed E-state index contributed by atoms with van der Waals surface area (Å²) in [5, 5.41) is 4.72. The SMILES string of the molecule is C[C@H](NC(=O)c1ccc2cc[nH]c2c1)c1ccccc1Cl. The molecular weight excluding hydrogens is 284 g/mol. The maximum Gasteiger partial charge on any atom is 0.251 e. The van der Waals surface area contributed by atoms with Crippen LogP contribution in [0.2, 0.25) is 5.02 Å². The standard InChI is InChI=1S/C17H15ClN2O/c1-11(14-4-2-3-5-15(14)18)20-17(21)13-7-6-12-8-9-19-16(12)10-13/h2-11,19H,1H3,(H,20,21)/t11-/m0/s1. The summed E-state index contributed by atoms with van der Waals surface area (Å²) >= 11 is 6.16. The van der Waals surface area contributed by atoms with E-state index < -0.39 is 0 Å². The number of benzene rings is 2. The van der Waals surface area contributed by atoms with E-state index in [2.05, 4.69) is 10.3 Å². The van der Waals surface area contributed by atoms with Gasteiger partial charge < -0.3 is 10.3 Å². The first-order valence-corrected chi connectivity index (χ1v) is 7.15. The molecule has 2 N–H and O–H groups in total. The van der Waals surface area contributed by atoms with Gasteiger partial charge in [-0.05, 0) is 42.1 Å². The van der Waals surface area contributed by atoms with E-state index in [0.717, 1.165) is 16.5 Å². The number of carbonyl (C=O) groups is 1. The predicted octanol–water partition coefficient (Wildman–Crippen LogP) is 4.31. The van der Waals surface area contributed by atoms with E-state index in [1.165, 1.54) is 0 Å². The van der Waals surface area contributed by atoms with Crippen molar-refractivity contribution in [3.63, 3.8) is 0 Å². The largest absolute Gasteiger partial charge is 0.361 e. The van der Waals surface area contributed by atoms with E-state index >= 15 is 0 Å². The number of nitrogens with one attached hydrogen (secondary N) is 2. The van der Waals surface area contributed by atoms with Crippen molar-refractivity contribution < 1.29 is 4.79 Å². The molecule has 0 saturated heterocycles. The Morgan fingerprint density at radius 1 is 1.19 bits per heavy atom. The molecule has 106 valence electrons. The van der Waals surface area contributed by atoms with Gasteiger partial charge >= 0.3 is 0 Å². The Hall–Kier alpha value is -2.26. The second-order valence-electron chi connectivity index (χ2n) is 5.00. The van der Waals surface area contributed by atoms with Gasteiger partial charge in [-0.1, -0.05) is 35.9 Å². The summed E-state index contributed by atoms with van der Waals surface area (Å²) < 4.78 is 0. The molecule has 3 nitrogen and oxygen atoms in total. The van der Waals surface area contributed by atoms with Crippen LogP contribution >= 0.6 is 11.6 Å². The van der Waals surface area contributed by atoms with Crippen LogP contribution in [0.3, 0.4) is 0 Å². The number of hydrogen-bond donors (Lipinski definition) is 2. The topological polar surface area (TPSA) is 44.9 Å². The van der Waals surface area contributed by atoms with Gasteiger partial charge in [0.25, 0.3) is 5.91 Å². The maximum atomic E-state index is 12.3. The van der Waals surface area contributed by atoms with Crippen LogP contribution in [0.15, 0.2) is 54.7 Å². The zero-order valence-corrected chi connectivity index (χ0v) is 12.3. The number of carbonyl (C=O) groups excluding carboxylic acids is 1. The third-order valence-electron chi connectivity index (χ3n) is 3.54. The summed E-state index contributed by atoms with van der Waals surface area (Å²) in [6, 6.07) is 15.0. The van der Waals surface area contributed by atoms with Gasteiger partial charge in [0.15, 0.2) is 0 Å². The molecular formula is C17H15ClN2O. The summed E-state index contributed by atoms with van der Waals surface area (Å²) in [5.41, 5.74) is 2.49. The number of aromatic amines is 1. The smallest absolute Gasteiger partial charge is 0.251 e. The van der Waals surface area contributed by atoms with E-state index in [1.807, 2.05) is 61.7 Å². The summed E-state index contributed by atoms with van der Waals surface area (Å²) in [6.45, 7) is 1.92.